The molecule has 64 valence electrons. The first-order valence-corrected chi connectivity index (χ1v) is 3.96. The van der Waals surface area contributed by atoms with Crippen molar-refractivity contribution in [2.24, 2.45) is 0 Å². The molecule has 0 bridgehead atoms. The molecule has 12 heavy (non-hydrogen) atoms. The Hall–Kier alpha value is -1.02. The molecule has 0 amide bonds. The average Bonchev–Trinajstić information content (AvgIpc) is 2.15. The first kappa shape index (κ1) is 9.07. The van der Waals surface area contributed by atoms with Crippen LogP contribution >= 0.6 is 0 Å². The van der Waals surface area contributed by atoms with E-state index in [9.17, 15) is 5.11 Å². The number of rotatable bonds is 4. The van der Waals surface area contributed by atoms with E-state index in [0.717, 1.165) is 12.2 Å². The lowest BCUT2D eigenvalue weighted by atomic mass is 10.2. The quantitative estimate of drug-likeness (QED) is 0.668. The van der Waals surface area contributed by atoms with Gasteiger partial charge in [-0.3, -0.25) is 0 Å². The van der Waals surface area contributed by atoms with Crippen LogP contribution in [0.2, 0.25) is 0 Å². The minimum atomic E-state index is -0.197. The van der Waals surface area contributed by atoms with Gasteiger partial charge in [0.2, 0.25) is 0 Å². The third-order valence-electron chi connectivity index (χ3n) is 1.56. The van der Waals surface area contributed by atoms with Gasteiger partial charge in [0.05, 0.1) is 0 Å². The molecule has 0 aliphatic heterocycles. The summed E-state index contributed by atoms with van der Waals surface area (Å²) in [4.78, 5) is 0. The molecular formula is C10H12O2. The smallest absolute Gasteiger partial charge is 0.119 e. The van der Waals surface area contributed by atoms with Gasteiger partial charge < -0.3 is 4.74 Å². The van der Waals surface area contributed by atoms with E-state index in [4.69, 9.17) is 4.74 Å². The summed E-state index contributed by atoms with van der Waals surface area (Å²) in [7, 11) is 0. The molecule has 1 aromatic rings. The molecule has 2 heteroatoms. The molecule has 0 spiro atoms. The van der Waals surface area contributed by atoms with Crippen LogP contribution in [0.4, 0.5) is 0 Å². The number of ether oxygens (including phenoxy) is 1. The fraction of sp³-hybridized carbons (Fsp3) is 0.300. The van der Waals surface area contributed by atoms with E-state index >= 15 is 0 Å². The van der Waals surface area contributed by atoms with Crippen LogP contribution in [0.25, 0.3) is 0 Å². The maximum Gasteiger partial charge on any atom is 0.119 e. The Labute approximate surface area is 72.8 Å². The van der Waals surface area contributed by atoms with Crippen LogP contribution in [0.5, 0.6) is 5.75 Å². The third-order valence-corrected chi connectivity index (χ3v) is 1.56. The molecule has 0 aliphatic rings. The summed E-state index contributed by atoms with van der Waals surface area (Å²) in [6.07, 6.45) is 0.780. The highest BCUT2D eigenvalue weighted by Crippen LogP contribution is 2.11. The van der Waals surface area contributed by atoms with Crippen LogP contribution in [0, 0.1) is 6.92 Å². The third kappa shape index (κ3) is 2.55. The van der Waals surface area contributed by atoms with Crippen LogP contribution in [0.3, 0.4) is 0 Å². The van der Waals surface area contributed by atoms with Gasteiger partial charge in [-0.2, -0.15) is 0 Å². The summed E-state index contributed by atoms with van der Waals surface area (Å²) >= 11 is 0. The second-order valence-electron chi connectivity index (χ2n) is 2.45. The highest BCUT2D eigenvalue weighted by Gasteiger charge is 1.92. The number of hydrogen-bond acceptors (Lipinski definition) is 1. The first-order chi connectivity index (χ1) is 5.86. The first-order valence-electron chi connectivity index (χ1n) is 3.96. The van der Waals surface area contributed by atoms with Gasteiger partial charge in [0.25, 0.3) is 0 Å². The molecule has 0 heterocycles. The Morgan fingerprint density at radius 1 is 1.25 bits per heavy atom. The van der Waals surface area contributed by atoms with Crippen molar-refractivity contribution in [2.75, 3.05) is 13.2 Å². The van der Waals surface area contributed by atoms with Gasteiger partial charge in [-0.25, -0.2) is 5.11 Å². The SMILES string of the molecule is [CH2]Cc1ccc(OCC[O])cc1. The van der Waals surface area contributed by atoms with Crippen molar-refractivity contribution in [3.63, 3.8) is 0 Å². The molecule has 0 atom stereocenters. The summed E-state index contributed by atoms with van der Waals surface area (Å²) in [6, 6.07) is 7.62. The maximum atomic E-state index is 10.1. The lowest BCUT2D eigenvalue weighted by molar-refractivity contribution is 0.138. The van der Waals surface area contributed by atoms with E-state index in [1.165, 1.54) is 5.56 Å². The minimum Gasteiger partial charge on any atom is -0.491 e. The largest absolute Gasteiger partial charge is 0.491 e. The van der Waals surface area contributed by atoms with E-state index in [1.54, 1.807) is 0 Å². The molecule has 0 unspecified atom stereocenters. The Bertz CT molecular complexity index is 216. The van der Waals surface area contributed by atoms with Gasteiger partial charge >= 0.3 is 0 Å². The Balaban J connectivity index is 2.53. The molecular weight excluding hydrogens is 152 g/mol. The van der Waals surface area contributed by atoms with E-state index in [-0.39, 0.29) is 13.2 Å². The van der Waals surface area contributed by atoms with Gasteiger partial charge in [-0.05, 0) is 31.0 Å². The van der Waals surface area contributed by atoms with Crippen LogP contribution in [-0.4, -0.2) is 13.2 Å². The number of hydrogen-bond donors (Lipinski definition) is 0. The second kappa shape index (κ2) is 4.78. The molecule has 0 aliphatic carbocycles. The van der Waals surface area contributed by atoms with Gasteiger partial charge in [-0.1, -0.05) is 12.1 Å². The highest BCUT2D eigenvalue weighted by molar-refractivity contribution is 5.27. The lowest BCUT2D eigenvalue weighted by Gasteiger charge is -2.03. The summed E-state index contributed by atoms with van der Waals surface area (Å²) in [5, 5.41) is 10.1. The maximum absolute atomic E-state index is 10.1. The Morgan fingerprint density at radius 3 is 2.42 bits per heavy atom. The van der Waals surface area contributed by atoms with E-state index < -0.39 is 0 Å². The van der Waals surface area contributed by atoms with E-state index in [1.807, 2.05) is 24.3 Å². The fourth-order valence-electron chi connectivity index (χ4n) is 0.912. The molecule has 0 saturated heterocycles. The van der Waals surface area contributed by atoms with Crippen molar-refractivity contribution in [3.8, 4) is 5.75 Å². The van der Waals surface area contributed by atoms with Crippen molar-refractivity contribution in [3.05, 3.63) is 36.8 Å². The standard InChI is InChI=1S/C10H12O2/c1-2-9-3-5-10(6-4-9)12-8-7-11/h3-6H,1-2,7-8H2. The predicted octanol–water partition coefficient (Wildman–Crippen LogP) is 1.87. The molecule has 0 fully saturated rings. The van der Waals surface area contributed by atoms with Gasteiger partial charge in [0, 0.05) is 0 Å². The normalized spacial score (nSPS) is 9.83. The molecule has 0 N–H and O–H groups in total. The lowest BCUT2D eigenvalue weighted by Crippen LogP contribution is -2.00. The topological polar surface area (TPSA) is 29.1 Å². The molecule has 2 radical (unpaired) electrons. The summed E-state index contributed by atoms with van der Waals surface area (Å²) in [6.45, 7) is 3.80. The molecule has 0 saturated carbocycles. The summed E-state index contributed by atoms with van der Waals surface area (Å²) in [5.74, 6) is 0.753. The van der Waals surface area contributed by atoms with E-state index in [0.29, 0.717) is 0 Å². The molecule has 2 nitrogen and oxygen atoms in total. The van der Waals surface area contributed by atoms with E-state index in [2.05, 4.69) is 6.92 Å². The van der Waals surface area contributed by atoms with Crippen LogP contribution in [-0.2, 0) is 11.5 Å². The van der Waals surface area contributed by atoms with Gasteiger partial charge in [0.15, 0.2) is 0 Å². The molecule has 1 rings (SSSR count). The van der Waals surface area contributed by atoms with Crippen LogP contribution in [0.1, 0.15) is 5.56 Å². The summed E-state index contributed by atoms with van der Waals surface area (Å²) in [5.41, 5.74) is 1.17. The number of benzene rings is 1. The molecule has 0 aromatic heterocycles. The zero-order valence-corrected chi connectivity index (χ0v) is 6.95. The van der Waals surface area contributed by atoms with Gasteiger partial charge in [-0.15, -0.1) is 0 Å². The zero-order valence-electron chi connectivity index (χ0n) is 6.95. The Kier molecular flexibility index (Phi) is 3.61. The predicted molar refractivity (Wildman–Crippen MR) is 46.6 cm³/mol. The van der Waals surface area contributed by atoms with Crippen molar-refractivity contribution >= 4 is 0 Å². The monoisotopic (exact) mass is 164 g/mol. The van der Waals surface area contributed by atoms with Crippen LogP contribution in [0.15, 0.2) is 24.3 Å². The van der Waals surface area contributed by atoms with Crippen molar-refractivity contribution in [1.29, 1.82) is 0 Å². The Morgan fingerprint density at radius 2 is 1.92 bits per heavy atom. The zero-order chi connectivity index (χ0) is 8.81. The fourth-order valence-corrected chi connectivity index (χ4v) is 0.912. The second-order valence-corrected chi connectivity index (χ2v) is 2.45. The van der Waals surface area contributed by atoms with Crippen LogP contribution < -0.4 is 4.74 Å². The van der Waals surface area contributed by atoms with Gasteiger partial charge in [0.1, 0.15) is 19.0 Å². The minimum absolute atomic E-state index is 0.197. The van der Waals surface area contributed by atoms with Crippen molar-refractivity contribution in [2.45, 2.75) is 6.42 Å². The highest BCUT2D eigenvalue weighted by atomic mass is 16.5. The van der Waals surface area contributed by atoms with Crippen molar-refractivity contribution < 1.29 is 9.84 Å². The molecule has 1 aromatic carbocycles. The average molecular weight is 164 g/mol. The summed E-state index contributed by atoms with van der Waals surface area (Å²) < 4.78 is 5.12. The van der Waals surface area contributed by atoms with Crippen molar-refractivity contribution in [1.82, 2.24) is 0 Å².